The lowest BCUT2D eigenvalue weighted by Crippen LogP contribution is -2.51. The Morgan fingerprint density at radius 2 is 1.88 bits per heavy atom. The second-order valence-corrected chi connectivity index (χ2v) is 5.60. The van der Waals surface area contributed by atoms with Gasteiger partial charge in [-0.3, -0.25) is 14.7 Å². The number of carbonyl (C=O) groups excluding carboxylic acids is 2. The average molecular weight is 325 g/mol. The molecular weight excluding hydrogens is 306 g/mol. The molecule has 0 unspecified atom stereocenters. The second kappa shape index (κ2) is 7.59. The number of piperazine rings is 1. The summed E-state index contributed by atoms with van der Waals surface area (Å²) in [5.41, 5.74) is 1.76. The highest BCUT2D eigenvalue weighted by molar-refractivity contribution is 5.83. The standard InChI is InChI=1S/C18H19N3O3/c22-17-13-21(18(23)24-14-15-6-2-1-3-7-15)11-10-20(17)12-16-8-4-5-9-19-16/h1-9H,10-14H2. The third kappa shape index (κ3) is 4.10. The monoisotopic (exact) mass is 325 g/mol. The van der Waals surface area contributed by atoms with Gasteiger partial charge < -0.3 is 9.64 Å². The summed E-state index contributed by atoms with van der Waals surface area (Å²) in [6.45, 7) is 1.66. The molecule has 0 atom stereocenters. The Morgan fingerprint density at radius 3 is 2.58 bits per heavy atom. The summed E-state index contributed by atoms with van der Waals surface area (Å²) in [7, 11) is 0. The van der Waals surface area contributed by atoms with E-state index in [-0.39, 0.29) is 19.1 Å². The van der Waals surface area contributed by atoms with Crippen LogP contribution in [-0.4, -0.2) is 46.4 Å². The van der Waals surface area contributed by atoms with Gasteiger partial charge in [0.25, 0.3) is 0 Å². The fraction of sp³-hybridized carbons (Fsp3) is 0.278. The predicted molar refractivity (Wildman–Crippen MR) is 87.9 cm³/mol. The molecule has 0 spiro atoms. The molecule has 0 aliphatic carbocycles. The van der Waals surface area contributed by atoms with Crippen molar-refractivity contribution in [2.75, 3.05) is 19.6 Å². The first kappa shape index (κ1) is 16.0. The van der Waals surface area contributed by atoms with E-state index < -0.39 is 6.09 Å². The Balaban J connectivity index is 1.49. The largest absolute Gasteiger partial charge is 0.445 e. The minimum atomic E-state index is -0.454. The quantitative estimate of drug-likeness (QED) is 0.863. The van der Waals surface area contributed by atoms with E-state index in [0.29, 0.717) is 19.6 Å². The van der Waals surface area contributed by atoms with Crippen LogP contribution in [0, 0.1) is 0 Å². The van der Waals surface area contributed by atoms with Crippen molar-refractivity contribution in [3.63, 3.8) is 0 Å². The molecule has 1 aliphatic rings. The average Bonchev–Trinajstić information content (AvgIpc) is 2.63. The van der Waals surface area contributed by atoms with Crippen LogP contribution in [0.4, 0.5) is 4.79 Å². The van der Waals surface area contributed by atoms with Crippen molar-refractivity contribution in [1.82, 2.24) is 14.8 Å². The van der Waals surface area contributed by atoms with Gasteiger partial charge in [-0.25, -0.2) is 4.79 Å². The summed E-state index contributed by atoms with van der Waals surface area (Å²) in [6, 6.07) is 15.1. The Labute approximate surface area is 140 Å². The van der Waals surface area contributed by atoms with Crippen LogP contribution in [0.1, 0.15) is 11.3 Å². The molecule has 0 radical (unpaired) electrons. The first-order valence-corrected chi connectivity index (χ1v) is 7.85. The van der Waals surface area contributed by atoms with Crippen molar-refractivity contribution in [2.45, 2.75) is 13.2 Å². The third-order valence-corrected chi connectivity index (χ3v) is 3.86. The topological polar surface area (TPSA) is 62.7 Å². The summed E-state index contributed by atoms with van der Waals surface area (Å²) in [5, 5.41) is 0. The fourth-order valence-corrected chi connectivity index (χ4v) is 2.53. The molecule has 1 aromatic heterocycles. The number of benzene rings is 1. The molecule has 6 heteroatoms. The van der Waals surface area contributed by atoms with Crippen LogP contribution in [0.5, 0.6) is 0 Å². The highest BCUT2D eigenvalue weighted by atomic mass is 16.6. The Kier molecular flexibility index (Phi) is 5.05. The summed E-state index contributed by atoms with van der Waals surface area (Å²) in [6.07, 6.45) is 1.25. The molecule has 1 aliphatic heterocycles. The highest BCUT2D eigenvalue weighted by Crippen LogP contribution is 2.10. The van der Waals surface area contributed by atoms with Crippen LogP contribution >= 0.6 is 0 Å². The molecule has 1 aromatic carbocycles. The van der Waals surface area contributed by atoms with Crippen molar-refractivity contribution >= 4 is 12.0 Å². The van der Waals surface area contributed by atoms with Gasteiger partial charge in [-0.1, -0.05) is 36.4 Å². The zero-order valence-electron chi connectivity index (χ0n) is 13.3. The van der Waals surface area contributed by atoms with Crippen molar-refractivity contribution in [3.05, 3.63) is 66.0 Å². The van der Waals surface area contributed by atoms with Gasteiger partial charge in [-0.05, 0) is 17.7 Å². The van der Waals surface area contributed by atoms with Gasteiger partial charge in [0.15, 0.2) is 0 Å². The van der Waals surface area contributed by atoms with Gasteiger partial charge in [0.05, 0.1) is 12.2 Å². The van der Waals surface area contributed by atoms with Gasteiger partial charge >= 0.3 is 6.09 Å². The van der Waals surface area contributed by atoms with Crippen LogP contribution in [0.15, 0.2) is 54.7 Å². The number of hydrogen-bond acceptors (Lipinski definition) is 4. The Hall–Kier alpha value is -2.89. The lowest BCUT2D eigenvalue weighted by molar-refractivity contribution is -0.136. The lowest BCUT2D eigenvalue weighted by Gasteiger charge is -2.33. The van der Waals surface area contributed by atoms with Crippen LogP contribution < -0.4 is 0 Å². The molecule has 124 valence electrons. The van der Waals surface area contributed by atoms with Crippen molar-refractivity contribution < 1.29 is 14.3 Å². The number of aromatic nitrogens is 1. The maximum Gasteiger partial charge on any atom is 0.410 e. The molecule has 6 nitrogen and oxygen atoms in total. The summed E-state index contributed by atoms with van der Waals surface area (Å²) in [5.74, 6) is -0.0939. The van der Waals surface area contributed by atoms with E-state index in [9.17, 15) is 9.59 Å². The zero-order chi connectivity index (χ0) is 16.8. The molecule has 0 bridgehead atoms. The highest BCUT2D eigenvalue weighted by Gasteiger charge is 2.28. The van der Waals surface area contributed by atoms with E-state index in [2.05, 4.69) is 4.98 Å². The minimum Gasteiger partial charge on any atom is -0.445 e. The van der Waals surface area contributed by atoms with Gasteiger partial charge in [-0.2, -0.15) is 0 Å². The summed E-state index contributed by atoms with van der Waals surface area (Å²) in [4.78, 5) is 31.7. The van der Waals surface area contributed by atoms with Crippen LogP contribution in [0.25, 0.3) is 0 Å². The van der Waals surface area contributed by atoms with Crippen molar-refractivity contribution in [2.24, 2.45) is 0 Å². The van der Waals surface area contributed by atoms with E-state index in [1.54, 1.807) is 11.1 Å². The number of amides is 2. The SMILES string of the molecule is O=C1CN(C(=O)OCc2ccccc2)CCN1Cc1ccccn1. The molecule has 2 amide bonds. The van der Waals surface area contributed by atoms with Gasteiger partial charge in [-0.15, -0.1) is 0 Å². The minimum absolute atomic E-state index is 0.0421. The summed E-state index contributed by atoms with van der Waals surface area (Å²) >= 11 is 0. The van der Waals surface area contributed by atoms with Gasteiger partial charge in [0.1, 0.15) is 13.2 Å². The molecule has 1 fully saturated rings. The number of hydrogen-bond donors (Lipinski definition) is 0. The van der Waals surface area contributed by atoms with Gasteiger partial charge in [0, 0.05) is 19.3 Å². The van der Waals surface area contributed by atoms with Crippen LogP contribution in [-0.2, 0) is 22.7 Å². The molecule has 3 rings (SSSR count). The first-order valence-electron chi connectivity index (χ1n) is 7.85. The number of carbonyl (C=O) groups is 2. The molecule has 0 saturated carbocycles. The van der Waals surface area contributed by atoms with E-state index in [4.69, 9.17) is 4.74 Å². The number of nitrogens with zero attached hydrogens (tertiary/aromatic N) is 3. The lowest BCUT2D eigenvalue weighted by atomic mass is 10.2. The number of ether oxygens (including phenoxy) is 1. The molecule has 0 N–H and O–H groups in total. The van der Waals surface area contributed by atoms with E-state index in [0.717, 1.165) is 11.3 Å². The number of pyridine rings is 1. The molecule has 2 aromatic rings. The first-order chi connectivity index (χ1) is 11.7. The number of rotatable bonds is 4. The predicted octanol–water partition coefficient (Wildman–Crippen LogP) is 2.06. The Bertz CT molecular complexity index is 689. The molecular formula is C18H19N3O3. The summed E-state index contributed by atoms with van der Waals surface area (Å²) < 4.78 is 5.27. The van der Waals surface area contributed by atoms with E-state index in [1.807, 2.05) is 48.5 Å². The van der Waals surface area contributed by atoms with Crippen LogP contribution in [0.2, 0.25) is 0 Å². The Morgan fingerprint density at radius 1 is 1.08 bits per heavy atom. The zero-order valence-corrected chi connectivity index (χ0v) is 13.3. The van der Waals surface area contributed by atoms with Gasteiger partial charge in [0.2, 0.25) is 5.91 Å². The third-order valence-electron chi connectivity index (χ3n) is 3.86. The van der Waals surface area contributed by atoms with E-state index in [1.165, 1.54) is 4.90 Å². The normalized spacial score (nSPS) is 14.6. The van der Waals surface area contributed by atoms with E-state index >= 15 is 0 Å². The molecule has 24 heavy (non-hydrogen) atoms. The van der Waals surface area contributed by atoms with Crippen LogP contribution in [0.3, 0.4) is 0 Å². The molecule has 1 saturated heterocycles. The fourth-order valence-electron chi connectivity index (χ4n) is 2.53. The van der Waals surface area contributed by atoms with Crippen molar-refractivity contribution in [3.8, 4) is 0 Å². The maximum absolute atomic E-state index is 12.2. The molecule has 2 heterocycles. The smallest absolute Gasteiger partial charge is 0.410 e. The maximum atomic E-state index is 12.2. The second-order valence-electron chi connectivity index (χ2n) is 5.60. The van der Waals surface area contributed by atoms with Crippen molar-refractivity contribution in [1.29, 1.82) is 0 Å².